The molecule has 1 fully saturated rings. The van der Waals surface area contributed by atoms with Gasteiger partial charge in [0.05, 0.1) is 12.7 Å². The highest BCUT2D eigenvalue weighted by Crippen LogP contribution is 2.41. The van der Waals surface area contributed by atoms with Crippen LogP contribution in [0.4, 0.5) is 0 Å². The van der Waals surface area contributed by atoms with E-state index in [2.05, 4.69) is 72.7 Å². The Kier molecular flexibility index (Phi) is 7.94. The molecule has 3 atom stereocenters. The summed E-state index contributed by atoms with van der Waals surface area (Å²) in [6.45, 7) is 25.1. The number of H-pyrrole nitrogens is 1. The van der Waals surface area contributed by atoms with E-state index >= 15 is 0 Å². The fraction of sp³-hybridized carbons (Fsp3) is 0.826. The third kappa shape index (κ3) is 6.11. The summed E-state index contributed by atoms with van der Waals surface area (Å²) in [5, 5.41) is 0.219. The van der Waals surface area contributed by atoms with Crippen molar-refractivity contribution in [2.24, 2.45) is 5.92 Å². The van der Waals surface area contributed by atoms with E-state index in [0.717, 1.165) is 0 Å². The Labute approximate surface area is 195 Å². The van der Waals surface area contributed by atoms with Gasteiger partial charge in [0, 0.05) is 30.7 Å². The molecule has 9 heteroatoms. The van der Waals surface area contributed by atoms with Crippen molar-refractivity contribution in [3.8, 4) is 0 Å². The molecule has 0 aliphatic carbocycles. The standard InChI is InChI=1S/C23H44N2O5Si2/c1-16-13-25(21(27)24-20(16)26)19-12-17(14-28-31(8,9)22(2,3)4)18(30-19)15-29-32(10,11)23(5,6)7/h13,17-19H,12,14-15H2,1-11H3,(H,24,26,27)/t17-,18-,19?/m1/s1. The molecule has 1 N–H and O–H groups in total. The molecule has 1 aliphatic rings. The van der Waals surface area contributed by atoms with E-state index in [1.54, 1.807) is 13.1 Å². The number of hydrogen-bond acceptors (Lipinski definition) is 5. The summed E-state index contributed by atoms with van der Waals surface area (Å²) in [4.78, 5) is 26.7. The highest BCUT2D eigenvalue weighted by Gasteiger charge is 2.44. The third-order valence-electron chi connectivity index (χ3n) is 7.70. The van der Waals surface area contributed by atoms with Crippen LogP contribution in [0.25, 0.3) is 0 Å². The number of hydrogen-bond donors (Lipinski definition) is 1. The van der Waals surface area contributed by atoms with E-state index in [9.17, 15) is 9.59 Å². The molecule has 1 aliphatic heterocycles. The first kappa shape index (κ1) is 27.2. The van der Waals surface area contributed by atoms with E-state index in [-0.39, 0.29) is 27.7 Å². The number of nitrogens with one attached hydrogen (secondary N) is 1. The van der Waals surface area contributed by atoms with Gasteiger partial charge in [0.1, 0.15) is 6.23 Å². The maximum Gasteiger partial charge on any atom is 0.330 e. The summed E-state index contributed by atoms with van der Waals surface area (Å²) < 4.78 is 20.9. The number of aryl methyl sites for hydroxylation is 1. The molecule has 0 saturated carbocycles. The largest absolute Gasteiger partial charge is 0.416 e. The molecular formula is C23H44N2O5Si2. The summed E-state index contributed by atoms with van der Waals surface area (Å²) in [6.07, 6.45) is 1.62. The molecule has 0 spiro atoms. The Morgan fingerprint density at radius 1 is 1.00 bits per heavy atom. The fourth-order valence-electron chi connectivity index (χ4n) is 3.15. The first-order valence-corrected chi connectivity index (χ1v) is 17.4. The zero-order valence-electron chi connectivity index (χ0n) is 21.9. The van der Waals surface area contributed by atoms with Crippen LogP contribution in [0.1, 0.15) is 59.8 Å². The number of aromatic amines is 1. The quantitative estimate of drug-likeness (QED) is 0.563. The second kappa shape index (κ2) is 9.33. The topological polar surface area (TPSA) is 82.6 Å². The van der Waals surface area contributed by atoms with Crippen molar-refractivity contribution in [2.45, 2.75) is 103 Å². The molecule has 7 nitrogen and oxygen atoms in total. The summed E-state index contributed by atoms with van der Waals surface area (Å²) >= 11 is 0. The molecule has 0 radical (unpaired) electrons. The molecule has 0 aromatic carbocycles. The van der Waals surface area contributed by atoms with E-state index in [1.807, 2.05) is 0 Å². The van der Waals surface area contributed by atoms with Gasteiger partial charge in [-0.1, -0.05) is 41.5 Å². The van der Waals surface area contributed by atoms with Gasteiger partial charge in [-0.25, -0.2) is 4.79 Å². The van der Waals surface area contributed by atoms with Crippen LogP contribution in [0.3, 0.4) is 0 Å². The van der Waals surface area contributed by atoms with E-state index in [0.29, 0.717) is 25.2 Å². The fourth-order valence-corrected chi connectivity index (χ4v) is 5.23. The molecule has 2 heterocycles. The van der Waals surface area contributed by atoms with Gasteiger partial charge >= 0.3 is 5.69 Å². The Morgan fingerprint density at radius 2 is 1.50 bits per heavy atom. The molecule has 0 amide bonds. The zero-order valence-corrected chi connectivity index (χ0v) is 23.9. The Bertz CT molecular complexity index is 871. The van der Waals surface area contributed by atoms with Gasteiger partial charge in [0.25, 0.3) is 5.56 Å². The first-order chi connectivity index (χ1) is 14.4. The number of aromatic nitrogens is 2. The van der Waals surface area contributed by atoms with Gasteiger partial charge in [-0.2, -0.15) is 0 Å². The second-order valence-electron chi connectivity index (χ2n) is 12.2. The molecule has 0 bridgehead atoms. The van der Waals surface area contributed by atoms with Crippen molar-refractivity contribution < 1.29 is 13.6 Å². The zero-order chi connectivity index (χ0) is 24.7. The Balaban J connectivity index is 2.26. The van der Waals surface area contributed by atoms with Crippen LogP contribution < -0.4 is 11.2 Å². The van der Waals surface area contributed by atoms with Crippen molar-refractivity contribution in [1.29, 1.82) is 0 Å². The summed E-state index contributed by atoms with van der Waals surface area (Å²) in [5.74, 6) is 0.109. The minimum atomic E-state index is -1.95. The van der Waals surface area contributed by atoms with Crippen molar-refractivity contribution in [3.05, 3.63) is 32.6 Å². The van der Waals surface area contributed by atoms with Crippen LogP contribution in [0, 0.1) is 12.8 Å². The number of ether oxygens (including phenoxy) is 1. The van der Waals surface area contributed by atoms with Crippen molar-refractivity contribution in [1.82, 2.24) is 9.55 Å². The van der Waals surface area contributed by atoms with Crippen LogP contribution in [-0.4, -0.2) is 45.5 Å². The van der Waals surface area contributed by atoms with Crippen molar-refractivity contribution in [3.63, 3.8) is 0 Å². The maximum absolute atomic E-state index is 12.5. The van der Waals surface area contributed by atoms with Crippen LogP contribution in [-0.2, 0) is 13.6 Å². The molecule has 1 unspecified atom stereocenters. The lowest BCUT2D eigenvalue weighted by Gasteiger charge is -2.38. The van der Waals surface area contributed by atoms with Crippen molar-refractivity contribution in [2.75, 3.05) is 13.2 Å². The summed E-state index contributed by atoms with van der Waals surface area (Å²) in [6, 6.07) is 0. The van der Waals surface area contributed by atoms with Gasteiger partial charge in [-0.05, 0) is 43.2 Å². The second-order valence-corrected chi connectivity index (χ2v) is 21.9. The molecule has 1 saturated heterocycles. The van der Waals surface area contributed by atoms with E-state index in [4.69, 9.17) is 13.6 Å². The monoisotopic (exact) mass is 484 g/mol. The highest BCUT2D eigenvalue weighted by atomic mass is 28.4. The van der Waals surface area contributed by atoms with Crippen molar-refractivity contribution >= 4 is 16.6 Å². The molecule has 184 valence electrons. The normalized spacial score (nSPS) is 23.0. The summed E-state index contributed by atoms with van der Waals surface area (Å²) in [7, 11) is -3.87. The lowest BCUT2D eigenvalue weighted by molar-refractivity contribution is -0.0336. The Morgan fingerprint density at radius 3 is 2.00 bits per heavy atom. The Hall–Kier alpha value is -1.01. The van der Waals surface area contributed by atoms with Gasteiger partial charge in [-0.3, -0.25) is 14.3 Å². The van der Waals surface area contributed by atoms with Gasteiger partial charge in [-0.15, -0.1) is 0 Å². The molecule has 32 heavy (non-hydrogen) atoms. The minimum absolute atomic E-state index is 0.102. The van der Waals surface area contributed by atoms with Gasteiger partial charge in [0.15, 0.2) is 16.6 Å². The van der Waals surface area contributed by atoms with Gasteiger partial charge < -0.3 is 13.6 Å². The first-order valence-electron chi connectivity index (χ1n) is 11.6. The predicted octanol–water partition coefficient (Wildman–Crippen LogP) is 4.79. The van der Waals surface area contributed by atoms with Crippen LogP contribution in [0.2, 0.25) is 36.3 Å². The SMILES string of the molecule is Cc1cn(C2C[C@H](CO[Si](C)(C)C(C)(C)C)[C@@H](CO[Si](C)(C)C(C)(C)C)O2)c(=O)[nH]c1=O. The lowest BCUT2D eigenvalue weighted by Crippen LogP contribution is -2.45. The predicted molar refractivity (Wildman–Crippen MR) is 134 cm³/mol. The number of rotatable bonds is 7. The lowest BCUT2D eigenvalue weighted by atomic mass is 10.0. The smallest absolute Gasteiger partial charge is 0.330 e. The average molecular weight is 485 g/mol. The van der Waals surface area contributed by atoms with E-state index < -0.39 is 28.6 Å². The summed E-state index contributed by atoms with van der Waals surface area (Å²) in [5.41, 5.74) is -0.316. The van der Waals surface area contributed by atoms with E-state index in [1.165, 1.54) is 4.57 Å². The van der Waals surface area contributed by atoms with Crippen LogP contribution >= 0.6 is 0 Å². The maximum atomic E-state index is 12.5. The molecule has 2 rings (SSSR count). The third-order valence-corrected chi connectivity index (χ3v) is 16.7. The van der Waals surface area contributed by atoms with Gasteiger partial charge in [0.2, 0.25) is 0 Å². The molecule has 1 aromatic heterocycles. The van der Waals surface area contributed by atoms with Crippen LogP contribution in [0.5, 0.6) is 0 Å². The minimum Gasteiger partial charge on any atom is -0.416 e. The average Bonchev–Trinajstić information content (AvgIpc) is 3.02. The molecule has 1 aromatic rings. The molecular weight excluding hydrogens is 440 g/mol. The highest BCUT2D eigenvalue weighted by molar-refractivity contribution is 6.74. The van der Waals surface area contributed by atoms with Crippen LogP contribution in [0.15, 0.2) is 15.8 Å². The number of nitrogens with zero attached hydrogens (tertiary/aromatic N) is 1.